The third-order valence-corrected chi connectivity index (χ3v) is 4.78. The molecule has 0 atom stereocenters. The van der Waals surface area contributed by atoms with Crippen LogP contribution in [0.4, 0.5) is 5.69 Å². The highest BCUT2D eigenvalue weighted by molar-refractivity contribution is 7.99. The average molecular weight is 272 g/mol. The number of piperidine rings is 1. The molecule has 1 aliphatic rings. The number of hydrogen-bond acceptors (Lipinski definition) is 3. The minimum absolute atomic E-state index is 0.0539. The van der Waals surface area contributed by atoms with Gasteiger partial charge < -0.3 is 10.0 Å². The first-order valence-electron chi connectivity index (χ1n) is 5.92. The number of thioether (sulfide) groups is 1. The van der Waals surface area contributed by atoms with Crippen LogP contribution in [-0.2, 0) is 6.61 Å². The maximum Gasteiger partial charge on any atom is 0.0702 e. The van der Waals surface area contributed by atoms with E-state index in [1.807, 2.05) is 30.0 Å². The van der Waals surface area contributed by atoms with Gasteiger partial charge in [-0.2, -0.15) is 11.8 Å². The summed E-state index contributed by atoms with van der Waals surface area (Å²) in [7, 11) is 0. The highest BCUT2D eigenvalue weighted by Crippen LogP contribution is 2.33. The standard InChI is InChI=1S/C13H18ClNOS/c1-17-11-5-7-15(8-6-11)13-10(9-16)3-2-4-12(13)14/h2-4,11,16H,5-9H2,1H3. The molecule has 1 fully saturated rings. The summed E-state index contributed by atoms with van der Waals surface area (Å²) in [4.78, 5) is 2.31. The van der Waals surface area contributed by atoms with E-state index in [1.54, 1.807) is 0 Å². The van der Waals surface area contributed by atoms with Crippen LogP contribution in [0.2, 0.25) is 5.02 Å². The molecule has 0 unspecified atom stereocenters. The Bertz CT molecular complexity index is 378. The normalized spacial score (nSPS) is 17.5. The molecule has 0 spiro atoms. The van der Waals surface area contributed by atoms with E-state index in [2.05, 4.69) is 11.2 Å². The molecule has 1 aromatic carbocycles. The molecule has 0 saturated carbocycles. The molecule has 2 rings (SSSR count). The van der Waals surface area contributed by atoms with Crippen LogP contribution in [0.25, 0.3) is 0 Å². The predicted octanol–water partition coefficient (Wildman–Crippen LogP) is 3.16. The Morgan fingerprint density at radius 3 is 2.71 bits per heavy atom. The smallest absolute Gasteiger partial charge is 0.0702 e. The second-order valence-electron chi connectivity index (χ2n) is 4.33. The number of hydrogen-bond donors (Lipinski definition) is 1. The molecule has 17 heavy (non-hydrogen) atoms. The lowest BCUT2D eigenvalue weighted by molar-refractivity contribution is 0.282. The van der Waals surface area contributed by atoms with Gasteiger partial charge in [-0.1, -0.05) is 23.7 Å². The Hall–Kier alpha value is -0.380. The van der Waals surface area contributed by atoms with Gasteiger partial charge in [-0.15, -0.1) is 0 Å². The SMILES string of the molecule is CSC1CCN(c2c(Cl)cccc2CO)CC1. The van der Waals surface area contributed by atoms with Crippen molar-refractivity contribution < 1.29 is 5.11 Å². The molecule has 4 heteroatoms. The van der Waals surface area contributed by atoms with Gasteiger partial charge in [0.15, 0.2) is 0 Å². The molecule has 0 bridgehead atoms. The van der Waals surface area contributed by atoms with Gasteiger partial charge in [0.1, 0.15) is 0 Å². The zero-order chi connectivity index (χ0) is 12.3. The fourth-order valence-electron chi connectivity index (χ4n) is 2.36. The monoisotopic (exact) mass is 271 g/mol. The molecule has 1 N–H and O–H groups in total. The van der Waals surface area contributed by atoms with E-state index >= 15 is 0 Å². The predicted molar refractivity (Wildman–Crippen MR) is 76.1 cm³/mol. The molecule has 0 radical (unpaired) electrons. The number of anilines is 1. The first kappa shape index (κ1) is 13.1. The molecule has 2 nitrogen and oxygen atoms in total. The number of nitrogens with zero attached hydrogens (tertiary/aromatic N) is 1. The molecule has 1 aliphatic heterocycles. The summed E-state index contributed by atoms with van der Waals surface area (Å²) in [6.07, 6.45) is 4.56. The number of halogens is 1. The Morgan fingerprint density at radius 1 is 1.41 bits per heavy atom. The fraction of sp³-hybridized carbons (Fsp3) is 0.538. The van der Waals surface area contributed by atoms with Crippen molar-refractivity contribution in [2.45, 2.75) is 24.7 Å². The van der Waals surface area contributed by atoms with Crippen LogP contribution in [-0.4, -0.2) is 29.7 Å². The molecule has 1 aromatic rings. The van der Waals surface area contributed by atoms with E-state index in [0.29, 0.717) is 0 Å². The number of rotatable bonds is 3. The van der Waals surface area contributed by atoms with Crippen molar-refractivity contribution >= 4 is 29.1 Å². The molecule has 0 aromatic heterocycles. The Morgan fingerprint density at radius 2 is 2.12 bits per heavy atom. The molecule has 0 amide bonds. The largest absolute Gasteiger partial charge is 0.392 e. The van der Waals surface area contributed by atoms with Gasteiger partial charge in [0.25, 0.3) is 0 Å². The Kier molecular flexibility index (Phi) is 4.60. The van der Waals surface area contributed by atoms with Crippen LogP contribution in [0, 0.1) is 0 Å². The van der Waals surface area contributed by atoms with Crippen molar-refractivity contribution in [3.63, 3.8) is 0 Å². The maximum absolute atomic E-state index is 9.38. The van der Waals surface area contributed by atoms with Crippen LogP contribution >= 0.6 is 23.4 Å². The van der Waals surface area contributed by atoms with E-state index in [1.165, 1.54) is 12.8 Å². The Labute approximate surface area is 112 Å². The topological polar surface area (TPSA) is 23.5 Å². The van der Waals surface area contributed by atoms with Crippen LogP contribution < -0.4 is 4.90 Å². The van der Waals surface area contributed by atoms with Gasteiger partial charge in [-0.05, 0) is 25.2 Å². The number of aliphatic hydroxyl groups excluding tert-OH is 1. The van der Waals surface area contributed by atoms with Crippen molar-refractivity contribution in [3.05, 3.63) is 28.8 Å². The van der Waals surface area contributed by atoms with Gasteiger partial charge >= 0.3 is 0 Å². The van der Waals surface area contributed by atoms with Gasteiger partial charge in [0.05, 0.1) is 17.3 Å². The summed E-state index contributed by atoms with van der Waals surface area (Å²) in [6, 6.07) is 5.74. The van der Waals surface area contributed by atoms with E-state index in [9.17, 15) is 5.11 Å². The van der Waals surface area contributed by atoms with Crippen LogP contribution in [0.15, 0.2) is 18.2 Å². The van der Waals surface area contributed by atoms with Crippen molar-refractivity contribution in [1.82, 2.24) is 0 Å². The lowest BCUT2D eigenvalue weighted by atomic mass is 10.1. The second kappa shape index (κ2) is 5.98. The van der Waals surface area contributed by atoms with Crippen molar-refractivity contribution in [1.29, 1.82) is 0 Å². The van der Waals surface area contributed by atoms with E-state index in [0.717, 1.165) is 34.6 Å². The minimum Gasteiger partial charge on any atom is -0.392 e. The molecular formula is C13H18ClNOS. The maximum atomic E-state index is 9.38. The zero-order valence-corrected chi connectivity index (χ0v) is 11.6. The van der Waals surface area contributed by atoms with Gasteiger partial charge in [-0.25, -0.2) is 0 Å². The summed E-state index contributed by atoms with van der Waals surface area (Å²) in [5, 5.41) is 10.9. The third-order valence-electron chi connectivity index (χ3n) is 3.33. The Balaban J connectivity index is 2.17. The van der Waals surface area contributed by atoms with Crippen LogP contribution in [0.3, 0.4) is 0 Å². The molecule has 1 saturated heterocycles. The third kappa shape index (κ3) is 2.90. The van der Waals surface area contributed by atoms with Crippen molar-refractivity contribution in [2.24, 2.45) is 0 Å². The number of aliphatic hydroxyl groups is 1. The summed E-state index contributed by atoms with van der Waals surface area (Å²) in [6.45, 7) is 2.11. The first-order valence-corrected chi connectivity index (χ1v) is 7.59. The zero-order valence-electron chi connectivity index (χ0n) is 10.0. The lowest BCUT2D eigenvalue weighted by Crippen LogP contribution is -2.35. The second-order valence-corrected chi connectivity index (χ2v) is 5.87. The van der Waals surface area contributed by atoms with Crippen LogP contribution in [0.1, 0.15) is 18.4 Å². The highest BCUT2D eigenvalue weighted by Gasteiger charge is 2.21. The molecule has 1 heterocycles. The van der Waals surface area contributed by atoms with Gasteiger partial charge in [0, 0.05) is 23.9 Å². The molecular weight excluding hydrogens is 254 g/mol. The van der Waals surface area contributed by atoms with E-state index < -0.39 is 0 Å². The quantitative estimate of drug-likeness (QED) is 0.914. The van der Waals surface area contributed by atoms with E-state index in [4.69, 9.17) is 11.6 Å². The van der Waals surface area contributed by atoms with Crippen molar-refractivity contribution in [2.75, 3.05) is 24.2 Å². The highest BCUT2D eigenvalue weighted by atomic mass is 35.5. The van der Waals surface area contributed by atoms with Crippen molar-refractivity contribution in [3.8, 4) is 0 Å². The summed E-state index contributed by atoms with van der Waals surface area (Å²) >= 11 is 8.20. The minimum atomic E-state index is 0.0539. The summed E-state index contributed by atoms with van der Waals surface area (Å²) in [5.74, 6) is 0. The van der Waals surface area contributed by atoms with Gasteiger partial charge in [0.2, 0.25) is 0 Å². The fourth-order valence-corrected chi connectivity index (χ4v) is 3.35. The molecule has 94 valence electrons. The first-order chi connectivity index (χ1) is 8.26. The summed E-state index contributed by atoms with van der Waals surface area (Å²) in [5.41, 5.74) is 1.95. The van der Waals surface area contributed by atoms with E-state index in [-0.39, 0.29) is 6.61 Å². The molecule has 0 aliphatic carbocycles. The number of para-hydroxylation sites is 1. The van der Waals surface area contributed by atoms with Gasteiger partial charge in [-0.3, -0.25) is 0 Å². The lowest BCUT2D eigenvalue weighted by Gasteiger charge is -2.34. The summed E-state index contributed by atoms with van der Waals surface area (Å²) < 4.78 is 0. The average Bonchev–Trinajstić information content (AvgIpc) is 2.38. The number of benzene rings is 1. The van der Waals surface area contributed by atoms with Crippen LogP contribution in [0.5, 0.6) is 0 Å².